The van der Waals surface area contributed by atoms with E-state index in [0.29, 0.717) is 6.54 Å². The molecule has 2 aromatic rings. The highest BCUT2D eigenvalue weighted by Crippen LogP contribution is 2.19. The zero-order valence-electron chi connectivity index (χ0n) is 15.5. The Morgan fingerprint density at radius 3 is 2.46 bits per heavy atom. The van der Waals surface area contributed by atoms with E-state index in [9.17, 15) is 4.79 Å². The highest BCUT2D eigenvalue weighted by atomic mass is 79.9. The molecule has 0 radical (unpaired) electrons. The molecule has 0 bridgehead atoms. The molecule has 0 aliphatic carbocycles. The zero-order valence-corrected chi connectivity index (χ0v) is 17.1. The maximum Gasteiger partial charge on any atom is 0.275 e. The Bertz CT molecular complexity index is 739. The number of hydrogen-bond donors (Lipinski definition) is 2. The van der Waals surface area contributed by atoms with Crippen molar-refractivity contribution >= 4 is 27.5 Å². The summed E-state index contributed by atoms with van der Waals surface area (Å²) in [4.78, 5) is 16.2. The Kier molecular flexibility index (Phi) is 6.33. The van der Waals surface area contributed by atoms with Crippen LogP contribution in [0.4, 0.5) is 5.69 Å². The van der Waals surface area contributed by atoms with Gasteiger partial charge in [-0.1, -0.05) is 46.3 Å². The summed E-state index contributed by atoms with van der Waals surface area (Å²) in [5, 5.41) is 3.13. The summed E-state index contributed by atoms with van der Waals surface area (Å²) in [6.45, 7) is 8.72. The van der Waals surface area contributed by atoms with Gasteiger partial charge in [0, 0.05) is 10.2 Å². The lowest BCUT2D eigenvalue weighted by atomic mass is 10.1. The summed E-state index contributed by atoms with van der Waals surface area (Å²) < 4.78 is 1.05. The van der Waals surface area contributed by atoms with E-state index in [2.05, 4.69) is 57.3 Å². The lowest BCUT2D eigenvalue weighted by Crippen LogP contribution is -3.16. The van der Waals surface area contributed by atoms with E-state index in [4.69, 9.17) is 0 Å². The summed E-state index contributed by atoms with van der Waals surface area (Å²) in [7, 11) is 0. The summed E-state index contributed by atoms with van der Waals surface area (Å²) in [6.07, 6.45) is 0. The number of benzene rings is 2. The Morgan fingerprint density at radius 1 is 1.15 bits per heavy atom. The molecule has 2 aromatic carbocycles. The van der Waals surface area contributed by atoms with E-state index in [0.717, 1.165) is 36.2 Å². The van der Waals surface area contributed by atoms with Gasteiger partial charge in [0.15, 0.2) is 6.54 Å². The normalized spacial score (nSPS) is 16.3. The molecule has 138 valence electrons. The van der Waals surface area contributed by atoms with Crippen molar-refractivity contribution in [1.82, 2.24) is 5.32 Å². The molecule has 0 unspecified atom stereocenters. The van der Waals surface area contributed by atoms with Crippen LogP contribution in [0.3, 0.4) is 0 Å². The molecule has 2 N–H and O–H groups in total. The van der Waals surface area contributed by atoms with Gasteiger partial charge >= 0.3 is 0 Å². The number of rotatable bonds is 5. The number of carbonyl (C=O) groups excluding carboxylic acids is 1. The number of hydrogen-bond acceptors (Lipinski definition) is 2. The van der Waals surface area contributed by atoms with Crippen molar-refractivity contribution in [3.8, 4) is 0 Å². The highest BCUT2D eigenvalue weighted by molar-refractivity contribution is 9.10. The van der Waals surface area contributed by atoms with Crippen molar-refractivity contribution in [3.05, 3.63) is 64.1 Å². The smallest absolute Gasteiger partial charge is 0.275 e. The van der Waals surface area contributed by atoms with Gasteiger partial charge in [0.1, 0.15) is 0 Å². The SMILES string of the molecule is Cc1ccccc1N1CC[NH+](CC(=O)N[C@@H](C)c2ccc(Br)cc2)CC1. The first-order chi connectivity index (χ1) is 12.5. The molecule has 1 atom stereocenters. The number of para-hydroxylation sites is 1. The minimum atomic E-state index is 0.0308. The first-order valence-corrected chi connectivity index (χ1v) is 10.0. The van der Waals surface area contributed by atoms with E-state index in [1.165, 1.54) is 16.2 Å². The van der Waals surface area contributed by atoms with E-state index >= 15 is 0 Å². The van der Waals surface area contributed by atoms with Crippen molar-refractivity contribution < 1.29 is 9.69 Å². The quantitative estimate of drug-likeness (QED) is 0.784. The minimum absolute atomic E-state index is 0.0308. The highest BCUT2D eigenvalue weighted by Gasteiger charge is 2.23. The molecule has 1 heterocycles. The van der Waals surface area contributed by atoms with Crippen LogP contribution < -0.4 is 15.1 Å². The fourth-order valence-electron chi connectivity index (χ4n) is 3.51. The fraction of sp³-hybridized carbons (Fsp3) is 0.381. The second kappa shape index (κ2) is 8.69. The summed E-state index contributed by atoms with van der Waals surface area (Å²) in [5.74, 6) is 0.125. The molecule has 4 nitrogen and oxygen atoms in total. The van der Waals surface area contributed by atoms with E-state index < -0.39 is 0 Å². The number of aryl methyl sites for hydroxylation is 1. The van der Waals surface area contributed by atoms with Crippen LogP contribution in [0, 0.1) is 6.92 Å². The predicted molar refractivity (Wildman–Crippen MR) is 110 cm³/mol. The Hall–Kier alpha value is -1.85. The van der Waals surface area contributed by atoms with Crippen LogP contribution >= 0.6 is 15.9 Å². The zero-order chi connectivity index (χ0) is 18.5. The third kappa shape index (κ3) is 4.86. The predicted octanol–water partition coefficient (Wildman–Crippen LogP) is 2.34. The van der Waals surface area contributed by atoms with Gasteiger partial charge in [0.05, 0.1) is 32.2 Å². The minimum Gasteiger partial charge on any atom is -0.360 e. The van der Waals surface area contributed by atoms with Crippen molar-refractivity contribution in [2.24, 2.45) is 0 Å². The van der Waals surface area contributed by atoms with Gasteiger partial charge in [0.25, 0.3) is 5.91 Å². The largest absolute Gasteiger partial charge is 0.360 e. The van der Waals surface area contributed by atoms with Gasteiger partial charge in [-0.05, 0) is 43.2 Å². The Labute approximate surface area is 164 Å². The number of piperazine rings is 1. The molecule has 0 aromatic heterocycles. The molecule has 1 fully saturated rings. The van der Waals surface area contributed by atoms with Crippen LogP contribution in [0.5, 0.6) is 0 Å². The molecular weight excluding hydrogens is 390 g/mol. The first kappa shape index (κ1) is 18.9. The third-order valence-electron chi connectivity index (χ3n) is 5.08. The number of quaternary nitrogens is 1. The van der Waals surface area contributed by atoms with Crippen molar-refractivity contribution in [2.75, 3.05) is 37.6 Å². The topological polar surface area (TPSA) is 36.8 Å². The number of nitrogens with zero attached hydrogens (tertiary/aromatic N) is 1. The van der Waals surface area contributed by atoms with E-state index in [1.807, 2.05) is 31.2 Å². The van der Waals surface area contributed by atoms with Gasteiger partial charge in [0.2, 0.25) is 0 Å². The molecular formula is C21H27BrN3O+. The Morgan fingerprint density at radius 2 is 1.81 bits per heavy atom. The first-order valence-electron chi connectivity index (χ1n) is 9.22. The summed E-state index contributed by atoms with van der Waals surface area (Å²) in [6, 6.07) is 16.7. The molecule has 3 rings (SSSR count). The second-order valence-corrected chi connectivity index (χ2v) is 7.96. The van der Waals surface area contributed by atoms with Crippen LogP contribution in [0.1, 0.15) is 24.1 Å². The van der Waals surface area contributed by atoms with Crippen molar-refractivity contribution in [1.29, 1.82) is 0 Å². The average molecular weight is 417 g/mol. The number of carbonyl (C=O) groups is 1. The van der Waals surface area contributed by atoms with Crippen LogP contribution in [0.15, 0.2) is 53.0 Å². The molecule has 5 heteroatoms. The van der Waals surface area contributed by atoms with Crippen LogP contribution in [-0.4, -0.2) is 38.6 Å². The Balaban J connectivity index is 1.47. The van der Waals surface area contributed by atoms with Crippen LogP contribution in [0.25, 0.3) is 0 Å². The molecule has 26 heavy (non-hydrogen) atoms. The number of halogens is 1. The summed E-state index contributed by atoms with van der Waals surface area (Å²) in [5.41, 5.74) is 3.76. The molecule has 1 aliphatic rings. The maximum atomic E-state index is 12.4. The summed E-state index contributed by atoms with van der Waals surface area (Å²) >= 11 is 3.44. The molecule has 0 saturated carbocycles. The number of amides is 1. The van der Waals surface area contributed by atoms with Gasteiger partial charge in [-0.3, -0.25) is 4.79 Å². The number of anilines is 1. The molecule has 0 spiro atoms. The molecule has 1 saturated heterocycles. The maximum absolute atomic E-state index is 12.4. The lowest BCUT2D eigenvalue weighted by Gasteiger charge is -2.34. The van der Waals surface area contributed by atoms with E-state index in [1.54, 1.807) is 0 Å². The standard InChI is InChI=1S/C21H26BrN3O/c1-16-5-3-4-6-20(16)25-13-11-24(12-14-25)15-21(26)23-17(2)18-7-9-19(22)10-8-18/h3-10,17H,11-15H2,1-2H3,(H,23,26)/p+1/t17-/m0/s1. The van der Waals surface area contributed by atoms with Crippen LogP contribution in [0.2, 0.25) is 0 Å². The monoisotopic (exact) mass is 416 g/mol. The van der Waals surface area contributed by atoms with Gasteiger partial charge in [-0.15, -0.1) is 0 Å². The van der Waals surface area contributed by atoms with Gasteiger partial charge < -0.3 is 15.1 Å². The second-order valence-electron chi connectivity index (χ2n) is 7.04. The van der Waals surface area contributed by atoms with E-state index in [-0.39, 0.29) is 11.9 Å². The van der Waals surface area contributed by atoms with Gasteiger partial charge in [-0.2, -0.15) is 0 Å². The third-order valence-corrected chi connectivity index (χ3v) is 5.61. The van der Waals surface area contributed by atoms with Gasteiger partial charge in [-0.25, -0.2) is 0 Å². The molecule has 1 amide bonds. The number of nitrogens with one attached hydrogen (secondary N) is 2. The average Bonchev–Trinajstić information content (AvgIpc) is 2.63. The molecule has 1 aliphatic heterocycles. The fourth-order valence-corrected chi connectivity index (χ4v) is 3.78. The van der Waals surface area contributed by atoms with Crippen LogP contribution in [-0.2, 0) is 4.79 Å². The van der Waals surface area contributed by atoms with Crippen molar-refractivity contribution in [2.45, 2.75) is 19.9 Å². The van der Waals surface area contributed by atoms with Crippen molar-refractivity contribution in [3.63, 3.8) is 0 Å². The lowest BCUT2D eigenvalue weighted by molar-refractivity contribution is -0.892.